The van der Waals surface area contributed by atoms with E-state index in [-0.39, 0.29) is 30.5 Å². The Morgan fingerprint density at radius 1 is 1.10 bits per heavy atom. The topological polar surface area (TPSA) is 78.5 Å². The van der Waals surface area contributed by atoms with Gasteiger partial charge in [0.2, 0.25) is 11.8 Å². The van der Waals surface area contributed by atoms with Crippen molar-refractivity contribution in [2.75, 3.05) is 11.4 Å². The maximum atomic E-state index is 14.0. The summed E-state index contributed by atoms with van der Waals surface area (Å²) in [4.78, 5) is 40.2. The molecule has 29 heavy (non-hydrogen) atoms. The lowest BCUT2D eigenvalue weighted by molar-refractivity contribution is -0.126. The quantitative estimate of drug-likeness (QED) is 0.598. The van der Waals surface area contributed by atoms with Crippen LogP contribution in [0.2, 0.25) is 0 Å². The maximum Gasteiger partial charge on any atom is 0.279 e. The lowest BCUT2D eigenvalue weighted by atomic mass is 10.1. The van der Waals surface area contributed by atoms with Crippen molar-refractivity contribution >= 4 is 34.7 Å². The average Bonchev–Trinajstić information content (AvgIpc) is 3.23. The number of thiophene rings is 1. The van der Waals surface area contributed by atoms with Crippen LogP contribution in [0, 0.1) is 11.7 Å². The van der Waals surface area contributed by atoms with Crippen molar-refractivity contribution in [3.8, 4) is 0 Å². The molecule has 0 radical (unpaired) electrons. The van der Waals surface area contributed by atoms with Gasteiger partial charge >= 0.3 is 0 Å². The van der Waals surface area contributed by atoms with Crippen molar-refractivity contribution in [2.45, 2.75) is 38.5 Å². The summed E-state index contributed by atoms with van der Waals surface area (Å²) in [5.74, 6) is -2.28. The highest BCUT2D eigenvalue weighted by atomic mass is 32.1. The number of benzene rings is 1. The van der Waals surface area contributed by atoms with Crippen molar-refractivity contribution < 1.29 is 18.8 Å². The van der Waals surface area contributed by atoms with Gasteiger partial charge in [0.15, 0.2) is 0 Å². The van der Waals surface area contributed by atoms with Gasteiger partial charge in [0.05, 0.1) is 16.5 Å². The first-order valence-electron chi connectivity index (χ1n) is 9.79. The van der Waals surface area contributed by atoms with Crippen molar-refractivity contribution in [1.29, 1.82) is 0 Å². The van der Waals surface area contributed by atoms with E-state index in [0.717, 1.165) is 25.7 Å². The molecule has 8 heteroatoms. The fraction of sp³-hybridized carbons (Fsp3) is 0.381. The number of carbonyl (C=O) groups excluding carboxylic acids is 3. The summed E-state index contributed by atoms with van der Waals surface area (Å²) in [6.07, 6.45) is 5.44. The van der Waals surface area contributed by atoms with Crippen molar-refractivity contribution in [3.63, 3.8) is 0 Å². The number of carbonyl (C=O) groups is 3. The van der Waals surface area contributed by atoms with Crippen molar-refractivity contribution in [1.82, 2.24) is 10.9 Å². The molecule has 1 aromatic carbocycles. The van der Waals surface area contributed by atoms with Gasteiger partial charge in [-0.1, -0.05) is 18.6 Å². The summed E-state index contributed by atoms with van der Waals surface area (Å²) in [6, 6.07) is 7.88. The molecule has 1 aliphatic carbocycles. The third kappa shape index (κ3) is 4.17. The molecule has 3 amide bonds. The predicted molar refractivity (Wildman–Crippen MR) is 108 cm³/mol. The van der Waals surface area contributed by atoms with Gasteiger partial charge in [-0.3, -0.25) is 25.2 Å². The molecule has 1 aromatic heterocycles. The van der Waals surface area contributed by atoms with Crippen LogP contribution in [0.4, 0.5) is 10.1 Å². The van der Waals surface area contributed by atoms with E-state index in [2.05, 4.69) is 10.9 Å². The van der Waals surface area contributed by atoms with Crippen LogP contribution in [0.5, 0.6) is 0 Å². The van der Waals surface area contributed by atoms with E-state index in [0.29, 0.717) is 4.88 Å². The highest BCUT2D eigenvalue weighted by Gasteiger charge is 2.36. The number of fused-ring (bicyclic) bond motifs is 1. The van der Waals surface area contributed by atoms with Gasteiger partial charge < -0.3 is 4.90 Å². The van der Waals surface area contributed by atoms with Gasteiger partial charge in [-0.15, -0.1) is 11.3 Å². The first-order valence-corrected chi connectivity index (χ1v) is 10.6. The van der Waals surface area contributed by atoms with Gasteiger partial charge in [-0.05, 0) is 49.4 Å². The van der Waals surface area contributed by atoms with E-state index in [1.807, 2.05) is 6.07 Å². The molecule has 2 aromatic rings. The molecule has 0 spiro atoms. The minimum Gasteiger partial charge on any atom is -0.309 e. The zero-order valence-electron chi connectivity index (χ0n) is 15.9. The van der Waals surface area contributed by atoms with Gasteiger partial charge in [-0.2, -0.15) is 0 Å². The maximum absolute atomic E-state index is 14.0. The molecule has 1 atom stereocenters. The van der Waals surface area contributed by atoms with E-state index < -0.39 is 17.6 Å². The molecule has 4 rings (SSSR count). The molecule has 2 N–H and O–H groups in total. The Labute approximate surface area is 172 Å². The number of hydrogen-bond acceptors (Lipinski definition) is 4. The highest BCUT2D eigenvalue weighted by molar-refractivity contribution is 7.14. The Kier molecular flexibility index (Phi) is 5.62. The molecule has 1 aliphatic heterocycles. The minimum absolute atomic E-state index is 0.0245. The number of nitrogens with one attached hydrogen (secondary N) is 2. The number of halogens is 1. The van der Waals surface area contributed by atoms with E-state index in [9.17, 15) is 18.8 Å². The fourth-order valence-corrected chi connectivity index (χ4v) is 5.00. The Balaban J connectivity index is 1.35. The van der Waals surface area contributed by atoms with E-state index in [4.69, 9.17) is 0 Å². The van der Waals surface area contributed by atoms with Crippen LogP contribution in [0.1, 0.15) is 45.8 Å². The van der Waals surface area contributed by atoms with Crippen LogP contribution in [-0.2, 0) is 22.4 Å². The lowest BCUT2D eigenvalue weighted by Gasteiger charge is -2.17. The number of anilines is 1. The Morgan fingerprint density at radius 2 is 1.90 bits per heavy atom. The van der Waals surface area contributed by atoms with Crippen LogP contribution in [0.25, 0.3) is 0 Å². The first kappa shape index (κ1) is 19.6. The Morgan fingerprint density at radius 3 is 2.72 bits per heavy atom. The van der Waals surface area contributed by atoms with Crippen LogP contribution < -0.4 is 15.8 Å². The zero-order chi connectivity index (χ0) is 20.4. The number of rotatable bonds is 3. The minimum atomic E-state index is -0.651. The highest BCUT2D eigenvalue weighted by Crippen LogP contribution is 2.29. The lowest BCUT2D eigenvalue weighted by Crippen LogP contribution is -2.45. The van der Waals surface area contributed by atoms with Crippen molar-refractivity contribution in [3.05, 3.63) is 51.5 Å². The monoisotopic (exact) mass is 415 g/mol. The molecule has 152 valence electrons. The van der Waals surface area contributed by atoms with E-state index in [1.165, 1.54) is 45.2 Å². The second-order valence-corrected chi connectivity index (χ2v) is 8.56. The molecular formula is C21H22FN3O3S. The van der Waals surface area contributed by atoms with Crippen LogP contribution >= 0.6 is 11.3 Å². The molecule has 1 fully saturated rings. The average molecular weight is 415 g/mol. The number of aryl methyl sites for hydroxylation is 2. The third-order valence-corrected chi connectivity index (χ3v) is 6.64. The molecular weight excluding hydrogens is 393 g/mol. The smallest absolute Gasteiger partial charge is 0.279 e. The molecule has 0 saturated carbocycles. The van der Waals surface area contributed by atoms with Gasteiger partial charge in [0, 0.05) is 17.8 Å². The second-order valence-electron chi connectivity index (χ2n) is 7.42. The summed E-state index contributed by atoms with van der Waals surface area (Å²) in [5.41, 5.74) is 6.26. The number of hydrogen-bond donors (Lipinski definition) is 2. The van der Waals surface area contributed by atoms with E-state index in [1.54, 1.807) is 12.1 Å². The van der Waals surface area contributed by atoms with Gasteiger partial charge in [0.25, 0.3) is 5.91 Å². The summed E-state index contributed by atoms with van der Waals surface area (Å²) >= 11 is 1.47. The summed E-state index contributed by atoms with van der Waals surface area (Å²) in [7, 11) is 0. The Hall–Kier alpha value is -2.74. The molecule has 6 nitrogen and oxygen atoms in total. The SMILES string of the molecule is O=C(NNC(=O)C1CC(=O)N(c2ccccc2F)C1)c1cc2c(s1)CCCCC2. The number of amides is 3. The first-order chi connectivity index (χ1) is 14.0. The fourth-order valence-electron chi connectivity index (χ4n) is 3.85. The number of para-hydroxylation sites is 1. The summed E-state index contributed by atoms with van der Waals surface area (Å²) in [5, 5.41) is 0. The van der Waals surface area contributed by atoms with Crippen molar-refractivity contribution in [2.24, 2.45) is 5.92 Å². The third-order valence-electron chi connectivity index (χ3n) is 5.41. The number of nitrogens with zero attached hydrogens (tertiary/aromatic N) is 1. The zero-order valence-corrected chi connectivity index (χ0v) is 16.7. The molecule has 2 heterocycles. The second kappa shape index (κ2) is 8.32. The van der Waals surface area contributed by atoms with Gasteiger partial charge in [-0.25, -0.2) is 4.39 Å². The molecule has 1 saturated heterocycles. The predicted octanol–water partition coefficient (Wildman–Crippen LogP) is 2.97. The molecule has 1 unspecified atom stereocenters. The largest absolute Gasteiger partial charge is 0.309 e. The van der Waals surface area contributed by atoms with Crippen LogP contribution in [-0.4, -0.2) is 24.3 Å². The van der Waals surface area contributed by atoms with Crippen LogP contribution in [0.3, 0.4) is 0 Å². The summed E-state index contributed by atoms with van der Waals surface area (Å²) in [6.45, 7) is 0.0781. The van der Waals surface area contributed by atoms with Gasteiger partial charge in [0.1, 0.15) is 5.82 Å². The van der Waals surface area contributed by atoms with Crippen LogP contribution in [0.15, 0.2) is 30.3 Å². The molecule has 0 bridgehead atoms. The normalized spacial score (nSPS) is 18.9. The Bertz CT molecular complexity index is 935. The number of hydrazine groups is 1. The standard InChI is InChI=1S/C21H22FN3O3S/c22-15-7-4-5-8-16(15)25-12-14(11-19(25)26)20(27)23-24-21(28)18-10-13-6-2-1-3-9-17(13)29-18/h4-5,7-8,10,14H,1-3,6,9,11-12H2,(H,23,27)(H,24,28). The summed E-state index contributed by atoms with van der Waals surface area (Å²) < 4.78 is 14.0. The van der Waals surface area contributed by atoms with E-state index >= 15 is 0 Å². The molecule has 2 aliphatic rings.